The third-order valence-corrected chi connectivity index (χ3v) is 20.0. The van der Waals surface area contributed by atoms with Crippen LogP contribution in [-0.2, 0) is 37.9 Å². The lowest BCUT2D eigenvalue weighted by atomic mass is 9.33. The number of rotatable bonds is 8. The molecule has 0 saturated heterocycles. The Hall–Kier alpha value is -8.74. The van der Waals surface area contributed by atoms with Gasteiger partial charge < -0.3 is 24.0 Å². The van der Waals surface area contributed by atoms with Gasteiger partial charge in [0.2, 0.25) is 0 Å². The van der Waals surface area contributed by atoms with E-state index in [9.17, 15) is 0 Å². The summed E-state index contributed by atoms with van der Waals surface area (Å²) in [6.07, 6.45) is 0. The van der Waals surface area contributed by atoms with Crippen molar-refractivity contribution in [3.8, 4) is 0 Å². The fourth-order valence-corrected chi connectivity index (χ4v) is 14.2. The maximum atomic E-state index is 7.58. The van der Waals surface area contributed by atoms with Gasteiger partial charge in [0.1, 0.15) is 5.58 Å². The van der Waals surface area contributed by atoms with Crippen molar-refractivity contribution in [1.82, 2.24) is 0 Å². The summed E-state index contributed by atoms with van der Waals surface area (Å²) in [5.74, 6) is 0. The molecule has 2 aliphatic rings. The van der Waals surface area contributed by atoms with E-state index in [0.717, 1.165) is 84.5 Å². The van der Waals surface area contributed by atoms with Gasteiger partial charge in [-0.3, -0.25) is 0 Å². The Labute approximate surface area is 562 Å². The Bertz CT molecular complexity index is 4560. The smallest absolute Gasteiger partial charge is 0.252 e. The highest BCUT2D eigenvalue weighted by Crippen LogP contribution is 2.54. The van der Waals surface area contributed by atoms with E-state index in [1.54, 1.807) is 0 Å². The van der Waals surface area contributed by atoms with Crippen LogP contribution in [0.2, 0.25) is 0 Å². The van der Waals surface area contributed by atoms with E-state index in [-0.39, 0.29) is 44.6 Å². The minimum Gasteiger partial charge on any atom is -0.454 e. The number of nitrogens with zero attached hydrogens (tertiary/aromatic N) is 4. The van der Waals surface area contributed by atoms with E-state index >= 15 is 0 Å². The topological polar surface area (TPSA) is 26.1 Å². The van der Waals surface area contributed by atoms with Gasteiger partial charge in [-0.1, -0.05) is 249 Å². The molecular formula is C88H97BN4O. The van der Waals surface area contributed by atoms with Crippen LogP contribution in [0.4, 0.5) is 68.2 Å². The van der Waals surface area contributed by atoms with E-state index in [1.165, 1.54) is 61.0 Å². The average molecular weight is 1240 g/mol. The zero-order valence-electron chi connectivity index (χ0n) is 59.9. The number of benzene rings is 10. The third-order valence-electron chi connectivity index (χ3n) is 20.0. The molecule has 6 heteroatoms. The lowest BCUT2D eigenvalue weighted by Crippen LogP contribution is -2.61. The van der Waals surface area contributed by atoms with Crippen LogP contribution in [0.5, 0.6) is 0 Å². The quantitative estimate of drug-likeness (QED) is 0.141. The van der Waals surface area contributed by atoms with Crippen LogP contribution in [0.1, 0.15) is 184 Å². The summed E-state index contributed by atoms with van der Waals surface area (Å²) in [7, 11) is 0. The summed E-state index contributed by atoms with van der Waals surface area (Å²) in [6, 6.07) is 79.5. The predicted molar refractivity (Wildman–Crippen MR) is 408 cm³/mol. The summed E-state index contributed by atoms with van der Waals surface area (Å²) in [5.41, 5.74) is 27.2. The predicted octanol–water partition coefficient (Wildman–Crippen LogP) is 23.7. The molecule has 5 nitrogen and oxygen atoms in total. The van der Waals surface area contributed by atoms with E-state index in [0.29, 0.717) is 0 Å². The van der Waals surface area contributed by atoms with E-state index < -0.39 is 0 Å². The van der Waals surface area contributed by atoms with Crippen molar-refractivity contribution in [3.05, 3.63) is 245 Å². The Balaban J connectivity index is 1.17. The van der Waals surface area contributed by atoms with Crippen molar-refractivity contribution in [2.24, 2.45) is 0 Å². The molecule has 0 bridgehead atoms. The largest absolute Gasteiger partial charge is 0.454 e. The van der Waals surface area contributed by atoms with Crippen molar-refractivity contribution in [2.45, 2.75) is 183 Å². The minimum absolute atomic E-state index is 0.0169. The first kappa shape index (κ1) is 64.0. The zero-order chi connectivity index (χ0) is 67.1. The van der Waals surface area contributed by atoms with Crippen LogP contribution in [0, 0.1) is 0 Å². The van der Waals surface area contributed by atoms with Crippen molar-refractivity contribution >= 4 is 113 Å². The molecule has 0 spiro atoms. The summed E-state index contributed by atoms with van der Waals surface area (Å²) < 4.78 is 7.58. The first-order chi connectivity index (χ1) is 44.0. The molecule has 0 aliphatic carbocycles. The second-order valence-electron chi connectivity index (χ2n) is 34.1. The van der Waals surface area contributed by atoms with Crippen molar-refractivity contribution in [2.75, 3.05) is 19.6 Å². The summed E-state index contributed by atoms with van der Waals surface area (Å²) in [6.45, 7) is 48.4. The Morgan fingerprint density at radius 3 is 1.04 bits per heavy atom. The van der Waals surface area contributed by atoms with Gasteiger partial charge in [-0.25, -0.2) is 0 Å². The highest BCUT2D eigenvalue weighted by Gasteiger charge is 2.46. The monoisotopic (exact) mass is 1240 g/mol. The second kappa shape index (κ2) is 22.5. The van der Waals surface area contributed by atoms with E-state index in [1.807, 2.05) is 0 Å². The van der Waals surface area contributed by atoms with Gasteiger partial charge in [0, 0.05) is 56.6 Å². The van der Waals surface area contributed by atoms with E-state index in [4.69, 9.17) is 4.42 Å². The minimum atomic E-state index is -0.145. The number of fused-ring (bicyclic) bond motifs is 7. The van der Waals surface area contributed by atoms with Crippen LogP contribution >= 0.6 is 0 Å². The van der Waals surface area contributed by atoms with E-state index in [2.05, 4.69) is 371 Å². The van der Waals surface area contributed by atoms with Gasteiger partial charge in [-0.05, 0) is 196 Å². The maximum Gasteiger partial charge on any atom is 0.252 e. The molecule has 478 valence electrons. The third kappa shape index (κ3) is 11.5. The van der Waals surface area contributed by atoms with Crippen molar-refractivity contribution in [1.29, 1.82) is 0 Å². The van der Waals surface area contributed by atoms with Crippen LogP contribution in [0.25, 0.3) is 21.9 Å². The Kier molecular flexibility index (Phi) is 15.3. The molecule has 0 saturated carbocycles. The molecule has 11 aromatic rings. The van der Waals surface area contributed by atoms with Gasteiger partial charge in [0.05, 0.1) is 22.4 Å². The highest BCUT2D eigenvalue weighted by molar-refractivity contribution is 7.00. The highest BCUT2D eigenvalue weighted by atomic mass is 16.3. The number of hydrogen-bond acceptors (Lipinski definition) is 5. The molecule has 10 aromatic carbocycles. The first-order valence-electron chi connectivity index (χ1n) is 34.2. The molecule has 0 fully saturated rings. The average Bonchev–Trinajstić information content (AvgIpc) is 0.738. The van der Waals surface area contributed by atoms with Crippen LogP contribution in [0.3, 0.4) is 0 Å². The van der Waals surface area contributed by atoms with Gasteiger partial charge in [-0.2, -0.15) is 0 Å². The lowest BCUT2D eigenvalue weighted by Gasteiger charge is -2.45. The lowest BCUT2D eigenvalue weighted by molar-refractivity contribution is 0.590. The van der Waals surface area contributed by atoms with Gasteiger partial charge in [0.25, 0.3) is 6.71 Å². The summed E-state index contributed by atoms with van der Waals surface area (Å²) in [4.78, 5) is 10.1. The van der Waals surface area contributed by atoms with Crippen LogP contribution in [0.15, 0.2) is 211 Å². The molecule has 0 radical (unpaired) electrons. The van der Waals surface area contributed by atoms with Crippen molar-refractivity contribution in [3.63, 3.8) is 0 Å². The maximum absolute atomic E-state index is 7.58. The number of anilines is 12. The summed E-state index contributed by atoms with van der Waals surface area (Å²) in [5, 5.41) is 2.11. The van der Waals surface area contributed by atoms with Crippen molar-refractivity contribution < 1.29 is 4.42 Å². The fraction of sp³-hybridized carbons (Fsp3) is 0.318. The second-order valence-corrected chi connectivity index (χ2v) is 34.1. The van der Waals surface area contributed by atoms with Gasteiger partial charge >= 0.3 is 0 Å². The zero-order valence-corrected chi connectivity index (χ0v) is 59.9. The fourth-order valence-electron chi connectivity index (χ4n) is 14.2. The van der Waals surface area contributed by atoms with Crippen LogP contribution < -0.4 is 36.0 Å². The molecule has 13 rings (SSSR count). The summed E-state index contributed by atoms with van der Waals surface area (Å²) >= 11 is 0. The molecule has 0 unspecified atom stereocenters. The standard InChI is InChI=1S/C88H97BN4O/c1-82(2,3)56-26-38-63(39-27-56)90(64-40-28-57(29-41-64)83(4,5)6)68-54-76-80-77(55-68)93(73-49-37-62(88(19,20)21)53-71(73)89(80)70-52-61(87(16,17)18)36-48-72(70)92(76)67-46-34-60(35-47-67)86(13,14)15)75-51-50-74(79-69-24-22-23-25-78(69)94-81(75)79)91(65-42-30-58(31-43-65)84(7,8)9)66-44-32-59(33-45-66)85(10,11)12/h22-55H,1-21H3. The SMILES string of the molecule is CC(C)(C)c1ccc(N(c2ccc(C(C)(C)C)cc2)c2cc3c4c(c2)N(c2ccc(N(c5ccc(C(C)(C)C)cc5)c5ccc(C(C)(C)C)cc5)c5c2oc2ccccc25)c2ccc(C(C)(C)C)cc2B4c2cc(C(C)(C)C)ccc2N3c2ccc(C(C)(C)C)cc2)cc1. The first-order valence-corrected chi connectivity index (χ1v) is 34.2. The number of hydrogen-bond donors (Lipinski definition) is 0. The molecule has 94 heavy (non-hydrogen) atoms. The molecule has 0 amide bonds. The number of furan rings is 1. The molecule has 3 heterocycles. The molecule has 1 aromatic heterocycles. The molecule has 0 atom stereocenters. The van der Waals surface area contributed by atoms with Crippen LogP contribution in [-0.4, -0.2) is 6.71 Å². The van der Waals surface area contributed by atoms with Gasteiger partial charge in [-0.15, -0.1) is 0 Å². The Morgan fingerprint density at radius 2 is 0.638 bits per heavy atom. The number of para-hydroxylation sites is 1. The molecule has 2 aliphatic heterocycles. The normalized spacial score (nSPS) is 13.7. The van der Waals surface area contributed by atoms with Gasteiger partial charge in [0.15, 0.2) is 5.58 Å². The Morgan fingerprint density at radius 1 is 0.298 bits per heavy atom. The molecular weight excluding hydrogens is 1140 g/mol. The molecule has 0 N–H and O–H groups in total.